The Bertz CT molecular complexity index is 275. The Labute approximate surface area is 114 Å². The van der Waals surface area contributed by atoms with Crippen LogP contribution in [0.5, 0.6) is 0 Å². The van der Waals surface area contributed by atoms with Gasteiger partial charge in [-0.05, 0) is 50.3 Å². The van der Waals surface area contributed by atoms with Gasteiger partial charge < -0.3 is 15.2 Å². The van der Waals surface area contributed by atoms with E-state index >= 15 is 0 Å². The first kappa shape index (κ1) is 13.2. The van der Waals surface area contributed by atoms with E-state index < -0.39 is 0 Å². The van der Waals surface area contributed by atoms with Crippen LogP contribution < -0.4 is 5.32 Å². The standard InChI is InChI=1S/C14H25NO2S/c16-13(12-3-1-2-6-15-12)11-4-7-17-14(9-11)5-8-18-10-14/h11-13,15-16H,1-10H2. The first-order chi connectivity index (χ1) is 8.79. The molecule has 4 heteroatoms. The van der Waals surface area contributed by atoms with Crippen LogP contribution in [-0.4, -0.2) is 47.5 Å². The topological polar surface area (TPSA) is 41.5 Å². The minimum atomic E-state index is -0.170. The molecule has 0 bridgehead atoms. The van der Waals surface area contributed by atoms with Gasteiger partial charge in [-0.3, -0.25) is 0 Å². The van der Waals surface area contributed by atoms with E-state index in [1.807, 2.05) is 11.8 Å². The van der Waals surface area contributed by atoms with E-state index in [1.54, 1.807) is 0 Å². The summed E-state index contributed by atoms with van der Waals surface area (Å²) in [5.74, 6) is 2.80. The fourth-order valence-corrected chi connectivity index (χ4v) is 5.10. The highest BCUT2D eigenvalue weighted by atomic mass is 32.2. The Balaban J connectivity index is 1.60. The number of piperidine rings is 1. The van der Waals surface area contributed by atoms with E-state index in [4.69, 9.17) is 4.74 Å². The van der Waals surface area contributed by atoms with Crippen molar-refractivity contribution in [3.05, 3.63) is 0 Å². The Morgan fingerprint density at radius 3 is 3.00 bits per heavy atom. The first-order valence-corrected chi connectivity index (χ1v) is 8.58. The second kappa shape index (κ2) is 5.70. The molecule has 0 amide bonds. The third-order valence-electron chi connectivity index (χ3n) is 4.84. The minimum Gasteiger partial charge on any atom is -0.391 e. The van der Waals surface area contributed by atoms with Crippen LogP contribution in [0.15, 0.2) is 0 Å². The molecule has 2 N–H and O–H groups in total. The Kier molecular flexibility index (Phi) is 4.18. The van der Waals surface area contributed by atoms with Crippen LogP contribution in [0.25, 0.3) is 0 Å². The molecule has 0 saturated carbocycles. The summed E-state index contributed by atoms with van der Waals surface area (Å²) in [6, 6.07) is 0.327. The molecule has 3 saturated heterocycles. The van der Waals surface area contributed by atoms with Crippen molar-refractivity contribution in [1.29, 1.82) is 0 Å². The summed E-state index contributed by atoms with van der Waals surface area (Å²) in [4.78, 5) is 0. The van der Waals surface area contributed by atoms with Gasteiger partial charge in [-0.2, -0.15) is 11.8 Å². The molecule has 3 rings (SSSR count). The molecule has 18 heavy (non-hydrogen) atoms. The summed E-state index contributed by atoms with van der Waals surface area (Å²) in [5, 5.41) is 14.1. The van der Waals surface area contributed by atoms with Gasteiger partial charge in [0.1, 0.15) is 0 Å². The molecule has 4 unspecified atom stereocenters. The fraction of sp³-hybridized carbons (Fsp3) is 1.00. The van der Waals surface area contributed by atoms with Gasteiger partial charge in [-0.15, -0.1) is 0 Å². The maximum Gasteiger partial charge on any atom is 0.0783 e. The quantitative estimate of drug-likeness (QED) is 0.803. The summed E-state index contributed by atoms with van der Waals surface area (Å²) in [6.45, 7) is 1.92. The van der Waals surface area contributed by atoms with Gasteiger partial charge in [0.05, 0.1) is 11.7 Å². The third-order valence-corrected chi connectivity index (χ3v) is 6.06. The monoisotopic (exact) mass is 271 g/mol. The molecule has 4 atom stereocenters. The van der Waals surface area contributed by atoms with Crippen molar-refractivity contribution >= 4 is 11.8 Å². The van der Waals surface area contributed by atoms with E-state index in [0.29, 0.717) is 12.0 Å². The van der Waals surface area contributed by atoms with Crippen LogP contribution >= 0.6 is 11.8 Å². The van der Waals surface area contributed by atoms with Gasteiger partial charge in [0.15, 0.2) is 0 Å². The Hall–Kier alpha value is 0.230. The predicted octanol–water partition coefficient (Wildman–Crippen LogP) is 1.79. The number of rotatable bonds is 2. The third kappa shape index (κ3) is 2.72. The summed E-state index contributed by atoms with van der Waals surface area (Å²) in [5.41, 5.74) is 0.100. The number of aliphatic hydroxyl groups is 1. The van der Waals surface area contributed by atoms with Crippen LogP contribution in [0.4, 0.5) is 0 Å². The first-order valence-electron chi connectivity index (χ1n) is 7.42. The van der Waals surface area contributed by atoms with Crippen LogP contribution in [0.3, 0.4) is 0 Å². The number of thioether (sulfide) groups is 1. The molecular formula is C14H25NO2S. The van der Waals surface area contributed by atoms with Crippen molar-refractivity contribution in [1.82, 2.24) is 5.32 Å². The molecule has 3 aliphatic rings. The van der Waals surface area contributed by atoms with Crippen LogP contribution in [0.2, 0.25) is 0 Å². The lowest BCUT2D eigenvalue weighted by atomic mass is 9.79. The maximum absolute atomic E-state index is 10.6. The Morgan fingerprint density at radius 1 is 1.33 bits per heavy atom. The summed E-state index contributed by atoms with van der Waals surface area (Å²) >= 11 is 2.01. The zero-order valence-corrected chi connectivity index (χ0v) is 11.9. The van der Waals surface area contributed by atoms with Gasteiger partial charge >= 0.3 is 0 Å². The second-order valence-corrected chi connectivity index (χ2v) is 7.24. The van der Waals surface area contributed by atoms with Gasteiger partial charge in [0.2, 0.25) is 0 Å². The van der Waals surface area contributed by atoms with Crippen LogP contribution in [0.1, 0.15) is 38.5 Å². The van der Waals surface area contributed by atoms with E-state index in [0.717, 1.165) is 38.2 Å². The van der Waals surface area contributed by atoms with Crippen molar-refractivity contribution in [2.45, 2.75) is 56.3 Å². The van der Waals surface area contributed by atoms with Crippen LogP contribution in [0, 0.1) is 5.92 Å². The van der Waals surface area contributed by atoms with E-state index in [2.05, 4.69) is 5.32 Å². The van der Waals surface area contributed by atoms with Crippen LogP contribution in [-0.2, 0) is 4.74 Å². The van der Waals surface area contributed by atoms with Gasteiger partial charge in [-0.25, -0.2) is 0 Å². The zero-order chi connectivity index (χ0) is 12.4. The second-order valence-electron chi connectivity index (χ2n) is 6.13. The number of hydrogen-bond acceptors (Lipinski definition) is 4. The number of aliphatic hydroxyl groups excluding tert-OH is 1. The normalized spacial score (nSPS) is 43.2. The lowest BCUT2D eigenvalue weighted by Gasteiger charge is -2.42. The Morgan fingerprint density at radius 2 is 2.28 bits per heavy atom. The zero-order valence-electron chi connectivity index (χ0n) is 11.1. The molecule has 1 spiro atoms. The highest BCUT2D eigenvalue weighted by Crippen LogP contribution is 2.41. The van der Waals surface area contributed by atoms with Gasteiger partial charge in [0.25, 0.3) is 0 Å². The number of ether oxygens (including phenoxy) is 1. The van der Waals surface area contributed by atoms with Crippen molar-refractivity contribution in [3.63, 3.8) is 0 Å². The molecule has 3 fully saturated rings. The molecule has 3 aliphatic heterocycles. The maximum atomic E-state index is 10.6. The molecule has 0 aromatic rings. The van der Waals surface area contributed by atoms with Crippen molar-refractivity contribution in [2.75, 3.05) is 24.7 Å². The lowest BCUT2D eigenvalue weighted by Crippen LogP contribution is -2.51. The summed E-state index contributed by atoms with van der Waals surface area (Å²) in [7, 11) is 0. The van der Waals surface area contributed by atoms with Gasteiger partial charge in [-0.1, -0.05) is 6.42 Å². The van der Waals surface area contributed by atoms with E-state index in [1.165, 1.54) is 25.0 Å². The van der Waals surface area contributed by atoms with Gasteiger partial charge in [0, 0.05) is 18.4 Å². The fourth-order valence-electron chi connectivity index (χ4n) is 3.72. The molecular weight excluding hydrogens is 246 g/mol. The summed E-state index contributed by atoms with van der Waals surface area (Å²) in [6.07, 6.45) is 6.78. The van der Waals surface area contributed by atoms with E-state index in [9.17, 15) is 5.11 Å². The van der Waals surface area contributed by atoms with Crippen molar-refractivity contribution in [3.8, 4) is 0 Å². The summed E-state index contributed by atoms with van der Waals surface area (Å²) < 4.78 is 6.04. The minimum absolute atomic E-state index is 0.100. The SMILES string of the molecule is OC(C1CCOC2(CCSC2)C1)C1CCCCN1. The molecule has 3 nitrogen and oxygen atoms in total. The molecule has 0 radical (unpaired) electrons. The predicted molar refractivity (Wildman–Crippen MR) is 75.0 cm³/mol. The lowest BCUT2D eigenvalue weighted by molar-refractivity contribution is -0.106. The highest BCUT2D eigenvalue weighted by Gasteiger charge is 2.43. The number of nitrogens with one attached hydrogen (secondary N) is 1. The largest absolute Gasteiger partial charge is 0.391 e. The molecule has 0 aliphatic carbocycles. The van der Waals surface area contributed by atoms with E-state index in [-0.39, 0.29) is 11.7 Å². The highest BCUT2D eigenvalue weighted by molar-refractivity contribution is 7.99. The van der Waals surface area contributed by atoms with Crippen molar-refractivity contribution in [2.24, 2.45) is 5.92 Å². The van der Waals surface area contributed by atoms with Crippen molar-refractivity contribution < 1.29 is 9.84 Å². The smallest absolute Gasteiger partial charge is 0.0783 e. The average molecular weight is 271 g/mol. The average Bonchev–Trinajstić information content (AvgIpc) is 2.87. The number of hydrogen-bond donors (Lipinski definition) is 2. The molecule has 104 valence electrons. The molecule has 0 aromatic heterocycles. The molecule has 0 aromatic carbocycles. The molecule has 3 heterocycles.